The summed E-state index contributed by atoms with van der Waals surface area (Å²) in [6.45, 7) is 0. The van der Waals surface area contributed by atoms with E-state index in [1.54, 1.807) is 17.7 Å². The maximum Gasteiger partial charge on any atom is 0.255 e. The molecule has 6 nitrogen and oxygen atoms in total. The van der Waals surface area contributed by atoms with E-state index in [9.17, 15) is 0 Å². The van der Waals surface area contributed by atoms with Gasteiger partial charge in [-0.25, -0.2) is 0 Å². The molecule has 0 bridgehead atoms. The minimum absolute atomic E-state index is 0.339. The largest absolute Gasteiger partial charge is 0.381 e. The monoisotopic (exact) mass is 267 g/mol. The molecule has 0 aliphatic heterocycles. The third-order valence-electron chi connectivity index (χ3n) is 3.29. The number of ether oxygens (including phenoxy) is 1. The van der Waals surface area contributed by atoms with Gasteiger partial charge in [0.1, 0.15) is 17.3 Å². The van der Waals surface area contributed by atoms with Crippen LogP contribution in [0, 0.1) is 0 Å². The lowest BCUT2D eigenvalue weighted by Crippen LogP contribution is -2.19. The summed E-state index contributed by atoms with van der Waals surface area (Å²) >= 11 is 5.97. The number of fused-ring (bicyclic) bond motifs is 1. The Morgan fingerprint density at radius 1 is 1.50 bits per heavy atom. The van der Waals surface area contributed by atoms with Crippen LogP contribution < -0.4 is 5.32 Å². The normalized spacial score (nSPS) is 23.7. The molecule has 18 heavy (non-hydrogen) atoms. The van der Waals surface area contributed by atoms with E-state index < -0.39 is 0 Å². The molecule has 2 atom stereocenters. The van der Waals surface area contributed by atoms with E-state index in [1.807, 2.05) is 0 Å². The van der Waals surface area contributed by atoms with Gasteiger partial charge in [-0.1, -0.05) is 11.6 Å². The van der Waals surface area contributed by atoms with E-state index in [1.165, 1.54) is 6.33 Å². The second kappa shape index (κ2) is 4.70. The number of rotatable bonds is 3. The molecule has 2 heterocycles. The third-order valence-corrected chi connectivity index (χ3v) is 3.48. The standard InChI is InChI=1S/C11H14ClN5O/c1-18-8-3-2-7(4-8)15-10-5-9(12)16-11-13-6-14-17(10)11/h5-8,15H,2-4H2,1H3. The van der Waals surface area contributed by atoms with Gasteiger partial charge in [0.15, 0.2) is 0 Å². The highest BCUT2D eigenvalue weighted by atomic mass is 35.5. The van der Waals surface area contributed by atoms with Crippen LogP contribution >= 0.6 is 11.6 Å². The molecule has 2 aromatic heterocycles. The van der Waals surface area contributed by atoms with Crippen molar-refractivity contribution in [3.05, 3.63) is 17.5 Å². The Bertz CT molecular complexity index is 557. The van der Waals surface area contributed by atoms with Gasteiger partial charge < -0.3 is 10.1 Å². The van der Waals surface area contributed by atoms with Crippen molar-refractivity contribution in [1.29, 1.82) is 0 Å². The van der Waals surface area contributed by atoms with Crippen molar-refractivity contribution in [3.63, 3.8) is 0 Å². The molecule has 2 unspecified atom stereocenters. The topological polar surface area (TPSA) is 64.3 Å². The van der Waals surface area contributed by atoms with Crippen molar-refractivity contribution in [2.75, 3.05) is 12.4 Å². The van der Waals surface area contributed by atoms with Crippen molar-refractivity contribution in [2.45, 2.75) is 31.4 Å². The predicted molar refractivity (Wildman–Crippen MR) is 67.9 cm³/mol. The summed E-state index contributed by atoms with van der Waals surface area (Å²) in [5.41, 5.74) is 0. The molecule has 1 aliphatic rings. The van der Waals surface area contributed by atoms with Gasteiger partial charge >= 0.3 is 0 Å². The fourth-order valence-electron chi connectivity index (χ4n) is 2.38. The SMILES string of the molecule is COC1CCC(Nc2cc(Cl)nc3ncnn23)C1. The average molecular weight is 268 g/mol. The summed E-state index contributed by atoms with van der Waals surface area (Å²) in [6, 6.07) is 2.14. The van der Waals surface area contributed by atoms with Gasteiger partial charge in [-0.05, 0) is 19.3 Å². The molecule has 0 saturated heterocycles. The summed E-state index contributed by atoms with van der Waals surface area (Å²) in [4.78, 5) is 8.13. The Balaban J connectivity index is 1.84. The second-order valence-electron chi connectivity index (χ2n) is 4.45. The third kappa shape index (κ3) is 2.13. The molecule has 2 aromatic rings. The molecular formula is C11H14ClN5O. The maximum atomic E-state index is 5.97. The molecule has 1 N–H and O–H groups in total. The lowest BCUT2D eigenvalue weighted by atomic mass is 10.2. The van der Waals surface area contributed by atoms with Crippen molar-refractivity contribution in [2.24, 2.45) is 0 Å². The van der Waals surface area contributed by atoms with Gasteiger partial charge in [0.05, 0.1) is 6.10 Å². The average Bonchev–Trinajstić information content (AvgIpc) is 2.97. The molecule has 96 valence electrons. The van der Waals surface area contributed by atoms with Crippen LogP contribution in [-0.4, -0.2) is 38.8 Å². The lowest BCUT2D eigenvalue weighted by molar-refractivity contribution is 0.108. The number of hydrogen-bond donors (Lipinski definition) is 1. The summed E-state index contributed by atoms with van der Waals surface area (Å²) in [6.07, 6.45) is 4.96. The lowest BCUT2D eigenvalue weighted by Gasteiger charge is -2.14. The Morgan fingerprint density at radius 3 is 3.17 bits per heavy atom. The number of nitrogens with zero attached hydrogens (tertiary/aromatic N) is 4. The van der Waals surface area contributed by atoms with Crippen LogP contribution in [0.2, 0.25) is 5.15 Å². The molecule has 0 spiro atoms. The minimum atomic E-state index is 0.339. The molecule has 0 radical (unpaired) electrons. The second-order valence-corrected chi connectivity index (χ2v) is 4.84. The van der Waals surface area contributed by atoms with E-state index in [0.29, 0.717) is 23.1 Å². The van der Waals surface area contributed by atoms with Crippen molar-refractivity contribution >= 4 is 23.2 Å². The maximum absolute atomic E-state index is 5.97. The minimum Gasteiger partial charge on any atom is -0.381 e. The molecular weight excluding hydrogens is 254 g/mol. The highest BCUT2D eigenvalue weighted by Gasteiger charge is 2.25. The Kier molecular flexibility index (Phi) is 3.05. The Hall–Kier alpha value is -1.40. The van der Waals surface area contributed by atoms with Crippen LogP contribution in [0.5, 0.6) is 0 Å². The van der Waals surface area contributed by atoms with E-state index in [-0.39, 0.29) is 0 Å². The highest BCUT2D eigenvalue weighted by molar-refractivity contribution is 6.29. The summed E-state index contributed by atoms with van der Waals surface area (Å²) in [7, 11) is 1.76. The van der Waals surface area contributed by atoms with Crippen LogP contribution in [0.3, 0.4) is 0 Å². The van der Waals surface area contributed by atoms with Crippen LogP contribution in [-0.2, 0) is 4.74 Å². The number of anilines is 1. The number of hydrogen-bond acceptors (Lipinski definition) is 5. The summed E-state index contributed by atoms with van der Waals surface area (Å²) < 4.78 is 7.02. The van der Waals surface area contributed by atoms with E-state index >= 15 is 0 Å². The molecule has 0 aromatic carbocycles. The Morgan fingerprint density at radius 2 is 2.39 bits per heavy atom. The summed E-state index contributed by atoms with van der Waals surface area (Å²) in [5.74, 6) is 1.33. The molecule has 1 fully saturated rings. The van der Waals surface area contributed by atoms with Crippen LogP contribution in [0.4, 0.5) is 5.82 Å². The molecule has 1 aliphatic carbocycles. The molecule has 0 amide bonds. The fourth-order valence-corrected chi connectivity index (χ4v) is 2.56. The van der Waals surface area contributed by atoms with E-state index in [0.717, 1.165) is 25.1 Å². The first kappa shape index (κ1) is 11.7. The first-order valence-corrected chi connectivity index (χ1v) is 6.29. The van der Waals surface area contributed by atoms with Crippen LogP contribution in [0.25, 0.3) is 5.78 Å². The van der Waals surface area contributed by atoms with Gasteiger partial charge in [-0.3, -0.25) is 0 Å². The zero-order valence-corrected chi connectivity index (χ0v) is 10.8. The highest BCUT2D eigenvalue weighted by Crippen LogP contribution is 2.25. The van der Waals surface area contributed by atoms with E-state index in [2.05, 4.69) is 20.4 Å². The van der Waals surface area contributed by atoms with Crippen LogP contribution in [0.1, 0.15) is 19.3 Å². The number of halogens is 1. The van der Waals surface area contributed by atoms with Crippen molar-refractivity contribution in [1.82, 2.24) is 19.6 Å². The molecule has 3 rings (SSSR count). The van der Waals surface area contributed by atoms with Crippen molar-refractivity contribution < 1.29 is 4.74 Å². The quantitative estimate of drug-likeness (QED) is 0.859. The van der Waals surface area contributed by atoms with Gasteiger partial charge in [-0.2, -0.15) is 19.6 Å². The molecule has 7 heteroatoms. The number of aromatic nitrogens is 4. The predicted octanol–water partition coefficient (Wildman–Crippen LogP) is 1.76. The zero-order chi connectivity index (χ0) is 12.5. The van der Waals surface area contributed by atoms with Gasteiger partial charge in [0.25, 0.3) is 5.78 Å². The van der Waals surface area contributed by atoms with Crippen molar-refractivity contribution in [3.8, 4) is 0 Å². The smallest absolute Gasteiger partial charge is 0.255 e. The Labute approximate surface area is 109 Å². The van der Waals surface area contributed by atoms with Crippen LogP contribution in [0.15, 0.2) is 12.4 Å². The molecule has 1 saturated carbocycles. The first-order chi connectivity index (χ1) is 8.76. The zero-order valence-electron chi connectivity index (χ0n) is 10.0. The summed E-state index contributed by atoms with van der Waals surface area (Å²) in [5, 5.41) is 7.98. The number of methoxy groups -OCH3 is 1. The van der Waals surface area contributed by atoms with E-state index in [4.69, 9.17) is 16.3 Å². The fraction of sp³-hybridized carbons (Fsp3) is 0.545. The first-order valence-electron chi connectivity index (χ1n) is 5.92. The van der Waals surface area contributed by atoms with Gasteiger partial charge in [0.2, 0.25) is 0 Å². The number of nitrogens with one attached hydrogen (secondary N) is 1. The van der Waals surface area contributed by atoms with Gasteiger partial charge in [0, 0.05) is 19.2 Å². The van der Waals surface area contributed by atoms with Gasteiger partial charge in [-0.15, -0.1) is 0 Å².